The number of hydrogen-bond donors (Lipinski definition) is 1. The van der Waals surface area contributed by atoms with Crippen LogP contribution in [0.4, 0.5) is 14.6 Å². The third-order valence-electron chi connectivity index (χ3n) is 4.26. The van der Waals surface area contributed by atoms with Crippen LogP contribution in [0.1, 0.15) is 51.4 Å². The number of rotatable bonds is 5. The molecule has 5 nitrogen and oxygen atoms in total. The molecule has 1 aliphatic rings. The number of anilines is 1. The molecule has 4 rings (SSSR count). The van der Waals surface area contributed by atoms with Gasteiger partial charge < -0.3 is 5.31 Å². The summed E-state index contributed by atoms with van der Waals surface area (Å²) in [4.78, 5) is 14.8. The molecule has 3 aromatic rings. The molecule has 1 aliphatic heterocycles. The van der Waals surface area contributed by atoms with Crippen LogP contribution in [-0.4, -0.2) is 39.0 Å². The van der Waals surface area contributed by atoms with Gasteiger partial charge in [-0.25, -0.2) is 23.7 Å². The quantitative estimate of drug-likeness (QED) is 0.668. The maximum Gasteiger partial charge on any atom is 0.162 e. The SMILES string of the molecule is [2H]c1c(F)c([2H])c(C([2H])N2CCC([2H])(N([2H])c3ncnc4sc(C([2H])(C)C)nc34)CC2)c([2H])c1F. The minimum absolute atomic E-state index is 0.0699. The molecular formula is C20H23F2N5S. The van der Waals surface area contributed by atoms with Crippen LogP contribution < -0.4 is 5.31 Å². The van der Waals surface area contributed by atoms with Crippen LogP contribution in [0.3, 0.4) is 0 Å². The molecule has 1 unspecified atom stereocenters. The lowest BCUT2D eigenvalue weighted by atomic mass is 10.0. The largest absolute Gasteiger partial charge is 0.365 e. The fourth-order valence-electron chi connectivity index (χ4n) is 2.88. The van der Waals surface area contributed by atoms with Gasteiger partial charge in [0.1, 0.15) is 28.3 Å². The van der Waals surface area contributed by atoms with E-state index < -0.39 is 53.8 Å². The van der Waals surface area contributed by atoms with E-state index in [0.717, 1.165) is 5.31 Å². The monoisotopic (exact) mass is 410 g/mol. The molecule has 1 atom stereocenters. The third-order valence-corrected chi connectivity index (χ3v) is 5.45. The van der Waals surface area contributed by atoms with Gasteiger partial charge in [-0.2, -0.15) is 0 Å². The molecule has 0 radical (unpaired) electrons. The van der Waals surface area contributed by atoms with E-state index in [1.54, 1.807) is 13.8 Å². The number of thiazole rings is 1. The summed E-state index contributed by atoms with van der Waals surface area (Å²) in [6, 6.07) is -4.33. The second kappa shape index (κ2) is 8.05. The Morgan fingerprint density at radius 3 is 2.75 bits per heavy atom. The molecule has 1 fully saturated rings. The smallest absolute Gasteiger partial charge is 0.162 e. The molecule has 28 heavy (non-hydrogen) atoms. The average Bonchev–Trinajstić information content (AvgIpc) is 3.27. The molecule has 0 spiro atoms. The van der Waals surface area contributed by atoms with E-state index in [2.05, 4.69) is 15.0 Å². The van der Waals surface area contributed by atoms with Crippen molar-refractivity contribution in [2.24, 2.45) is 0 Å². The van der Waals surface area contributed by atoms with Crippen molar-refractivity contribution in [3.05, 3.63) is 46.7 Å². The Labute approximate surface area is 176 Å². The van der Waals surface area contributed by atoms with E-state index in [4.69, 9.17) is 9.64 Å². The fraction of sp³-hybridized carbons (Fsp3) is 0.450. The number of nitrogens with one attached hydrogen (secondary N) is 1. The summed E-state index contributed by atoms with van der Waals surface area (Å²) in [5, 5.41) is 1.46. The minimum atomic E-state index is -1.45. The number of piperidine rings is 1. The van der Waals surface area contributed by atoms with Crippen LogP contribution in [0.15, 0.2) is 24.5 Å². The summed E-state index contributed by atoms with van der Waals surface area (Å²) in [6.07, 6.45) is 1.42. The Balaban J connectivity index is 1.57. The lowest BCUT2D eigenvalue weighted by Crippen LogP contribution is -2.38. The van der Waals surface area contributed by atoms with Crippen molar-refractivity contribution in [3.63, 3.8) is 0 Å². The van der Waals surface area contributed by atoms with Gasteiger partial charge in [0.2, 0.25) is 0 Å². The van der Waals surface area contributed by atoms with Gasteiger partial charge in [0.05, 0.1) is 10.5 Å². The Bertz CT molecular complexity index is 1250. The van der Waals surface area contributed by atoms with Crippen molar-refractivity contribution in [2.75, 3.05) is 18.4 Å². The molecule has 148 valence electrons. The van der Waals surface area contributed by atoms with Crippen molar-refractivity contribution >= 4 is 27.5 Å². The molecule has 0 amide bonds. The van der Waals surface area contributed by atoms with Crippen LogP contribution in [0, 0.1) is 11.6 Å². The highest BCUT2D eigenvalue weighted by molar-refractivity contribution is 7.18. The first kappa shape index (κ1) is 12.4. The topological polar surface area (TPSA) is 53.9 Å². The highest BCUT2D eigenvalue weighted by atomic mass is 32.1. The summed E-state index contributed by atoms with van der Waals surface area (Å²) in [7, 11) is 0. The van der Waals surface area contributed by atoms with Gasteiger partial charge >= 0.3 is 0 Å². The third kappa shape index (κ3) is 4.28. The highest BCUT2D eigenvalue weighted by Crippen LogP contribution is 2.29. The molecule has 1 aromatic carbocycles. The Kier molecular flexibility index (Phi) is 3.56. The Morgan fingerprint density at radius 1 is 1.36 bits per heavy atom. The maximum absolute atomic E-state index is 14.1. The first-order chi connectivity index (χ1) is 16.3. The summed E-state index contributed by atoms with van der Waals surface area (Å²) in [6.45, 7) is 2.13. The number of hydrogen-bond acceptors (Lipinski definition) is 6. The lowest BCUT2D eigenvalue weighted by Gasteiger charge is -2.32. The second-order valence-corrected chi connectivity index (χ2v) is 7.61. The van der Waals surface area contributed by atoms with Crippen molar-refractivity contribution in [2.45, 2.75) is 45.1 Å². The van der Waals surface area contributed by atoms with E-state index in [0.29, 0.717) is 15.4 Å². The molecule has 3 heterocycles. The number of fused-ring (bicyclic) bond motifs is 1. The molecule has 2 aromatic heterocycles. The fourth-order valence-corrected chi connectivity index (χ4v) is 3.74. The number of aromatic nitrogens is 3. The van der Waals surface area contributed by atoms with Crippen LogP contribution in [0.25, 0.3) is 10.3 Å². The normalized spacial score (nSPS) is 22.4. The Morgan fingerprint density at radius 2 is 2.07 bits per heavy atom. The summed E-state index contributed by atoms with van der Waals surface area (Å²) >= 11 is 1.23. The van der Waals surface area contributed by atoms with Crippen LogP contribution >= 0.6 is 11.3 Å². The van der Waals surface area contributed by atoms with E-state index in [-0.39, 0.29) is 31.7 Å². The molecule has 0 saturated carbocycles. The van der Waals surface area contributed by atoms with E-state index in [1.807, 2.05) is 0 Å². The molecular weight excluding hydrogens is 380 g/mol. The van der Waals surface area contributed by atoms with Gasteiger partial charge in [0.15, 0.2) is 7.23 Å². The maximum atomic E-state index is 14.1. The number of halogens is 2. The molecule has 1 saturated heterocycles. The first-order valence-electron chi connectivity index (χ1n) is 12.3. The zero-order chi connectivity index (χ0) is 25.9. The predicted octanol–water partition coefficient (Wildman–Crippen LogP) is 4.56. The van der Waals surface area contributed by atoms with Gasteiger partial charge in [0.25, 0.3) is 0 Å². The summed E-state index contributed by atoms with van der Waals surface area (Å²) in [5.41, 5.74) is -0.142. The standard InChI is InChI=1S/C20H23F2N5S/c1-12(2)19-26-17-18(23-11-24-20(17)28-19)25-16-3-5-27(6-4-16)10-13-7-14(21)9-15(22)8-13/h7-9,11-12,16H,3-6,10H2,1-2H3,(H,23,24,25)/i7D,8D,9D,10D,12D,16D/hD. The molecule has 0 bridgehead atoms. The molecule has 8 heteroatoms. The average molecular weight is 411 g/mol. The van der Waals surface area contributed by atoms with Gasteiger partial charge in [0, 0.05) is 40.3 Å². The molecule has 0 aliphatic carbocycles. The van der Waals surface area contributed by atoms with Gasteiger partial charge in [-0.1, -0.05) is 25.2 Å². The predicted molar refractivity (Wildman–Crippen MR) is 108 cm³/mol. The van der Waals surface area contributed by atoms with Gasteiger partial charge in [-0.3, -0.25) is 4.90 Å². The number of likely N-dealkylation sites (tertiary alicyclic amines) is 1. The van der Waals surface area contributed by atoms with Crippen LogP contribution in [0.5, 0.6) is 0 Å². The van der Waals surface area contributed by atoms with Crippen molar-refractivity contribution in [3.8, 4) is 0 Å². The van der Waals surface area contributed by atoms with E-state index in [1.165, 1.54) is 22.6 Å². The molecule has 1 N–H and O–H groups in total. The van der Waals surface area contributed by atoms with Crippen LogP contribution in [0.2, 0.25) is 1.41 Å². The lowest BCUT2D eigenvalue weighted by molar-refractivity contribution is 0.211. The minimum Gasteiger partial charge on any atom is -0.365 e. The number of benzene rings is 1. The zero-order valence-electron chi connectivity index (χ0n) is 22.4. The number of nitrogens with zero attached hydrogens (tertiary/aromatic N) is 4. The van der Waals surface area contributed by atoms with E-state index in [9.17, 15) is 8.78 Å². The van der Waals surface area contributed by atoms with Gasteiger partial charge in [-0.15, -0.1) is 0 Å². The van der Waals surface area contributed by atoms with Crippen molar-refractivity contribution in [1.29, 1.82) is 0 Å². The first-order valence-corrected chi connectivity index (χ1v) is 9.60. The van der Waals surface area contributed by atoms with Crippen molar-refractivity contribution in [1.82, 2.24) is 19.9 Å². The van der Waals surface area contributed by atoms with E-state index >= 15 is 0 Å². The van der Waals surface area contributed by atoms with Gasteiger partial charge in [-0.05, 0) is 30.5 Å². The summed E-state index contributed by atoms with van der Waals surface area (Å²) < 4.78 is 85.5. The zero-order valence-corrected chi connectivity index (χ0v) is 16.2. The van der Waals surface area contributed by atoms with Crippen molar-refractivity contribution < 1.29 is 18.4 Å². The Hall–Kier alpha value is -2.19. The van der Waals surface area contributed by atoms with Crippen LogP contribution in [-0.2, 0) is 6.52 Å². The highest BCUT2D eigenvalue weighted by Gasteiger charge is 2.21. The second-order valence-electron chi connectivity index (χ2n) is 6.63. The summed E-state index contributed by atoms with van der Waals surface area (Å²) in [5.74, 6) is -3.67.